The lowest BCUT2D eigenvalue weighted by Gasteiger charge is -2.10. The van der Waals surface area contributed by atoms with Crippen LogP contribution in [0.5, 0.6) is 0 Å². The molecule has 0 aliphatic rings. The van der Waals surface area contributed by atoms with Gasteiger partial charge in [-0.1, -0.05) is 22.0 Å². The first-order valence-corrected chi connectivity index (χ1v) is 9.94. The molecule has 6 heteroatoms. The van der Waals surface area contributed by atoms with Crippen molar-refractivity contribution in [2.45, 2.75) is 11.3 Å². The molecule has 0 amide bonds. The molecule has 0 spiro atoms. The summed E-state index contributed by atoms with van der Waals surface area (Å²) in [6.07, 6.45) is 3.45. The summed E-state index contributed by atoms with van der Waals surface area (Å²) in [5, 5.41) is 0. The summed E-state index contributed by atoms with van der Waals surface area (Å²) in [6, 6.07) is 16.0. The molecule has 0 atom stereocenters. The van der Waals surface area contributed by atoms with Gasteiger partial charge in [-0.3, -0.25) is 0 Å². The monoisotopic (exact) mass is 407 g/mol. The highest BCUT2D eigenvalue weighted by molar-refractivity contribution is 9.10. The maximum absolute atomic E-state index is 14.1. The first-order chi connectivity index (χ1) is 11.3. The van der Waals surface area contributed by atoms with E-state index in [0.717, 1.165) is 27.7 Å². The van der Waals surface area contributed by atoms with Gasteiger partial charge in [-0.15, -0.1) is 0 Å². The van der Waals surface area contributed by atoms with Crippen molar-refractivity contribution in [2.24, 2.45) is 0 Å². The Labute approximate surface area is 148 Å². The van der Waals surface area contributed by atoms with Gasteiger partial charge in [0.05, 0.1) is 0 Å². The second-order valence-electron chi connectivity index (χ2n) is 5.56. The van der Waals surface area contributed by atoms with E-state index in [1.165, 1.54) is 12.1 Å². The number of sulfone groups is 1. The Hall–Kier alpha value is -1.92. The van der Waals surface area contributed by atoms with Gasteiger partial charge in [-0.05, 0) is 54.1 Å². The van der Waals surface area contributed by atoms with Gasteiger partial charge in [0.2, 0.25) is 0 Å². The van der Waals surface area contributed by atoms with Crippen LogP contribution in [0.15, 0.2) is 70.2 Å². The van der Waals surface area contributed by atoms with Crippen molar-refractivity contribution in [3.63, 3.8) is 0 Å². The van der Waals surface area contributed by atoms with E-state index < -0.39 is 15.7 Å². The number of hydrogen-bond donors (Lipinski definition) is 0. The van der Waals surface area contributed by atoms with Gasteiger partial charge in [0.15, 0.2) is 9.84 Å². The van der Waals surface area contributed by atoms with Gasteiger partial charge in [0, 0.05) is 34.7 Å². The minimum atomic E-state index is -3.55. The Morgan fingerprint density at radius 2 is 1.79 bits per heavy atom. The number of halogens is 2. The van der Waals surface area contributed by atoms with Crippen molar-refractivity contribution >= 4 is 25.8 Å². The lowest BCUT2D eigenvalue weighted by atomic mass is 10.1. The molecule has 0 fully saturated rings. The zero-order valence-electron chi connectivity index (χ0n) is 12.9. The zero-order chi connectivity index (χ0) is 17.3. The summed E-state index contributed by atoms with van der Waals surface area (Å²) in [7, 11) is -3.55. The van der Waals surface area contributed by atoms with Crippen molar-refractivity contribution in [3.8, 4) is 5.69 Å². The summed E-state index contributed by atoms with van der Waals surface area (Å²) in [6.45, 7) is 0. The maximum Gasteiger partial charge on any atom is 0.178 e. The molecule has 0 aliphatic carbocycles. The molecule has 2 aromatic carbocycles. The fourth-order valence-corrected chi connectivity index (χ4v) is 3.57. The highest BCUT2D eigenvalue weighted by Gasteiger charge is 2.14. The van der Waals surface area contributed by atoms with Crippen LogP contribution >= 0.6 is 15.9 Å². The third-order valence-corrected chi connectivity index (χ3v) is 5.38. The molecular weight excluding hydrogens is 393 g/mol. The number of nitrogens with zero attached hydrogens (tertiary/aromatic N) is 1. The predicted octanol–water partition coefficient (Wildman–Crippen LogP) is 4.37. The second-order valence-corrected chi connectivity index (χ2v) is 8.46. The van der Waals surface area contributed by atoms with E-state index in [0.29, 0.717) is 6.42 Å². The van der Waals surface area contributed by atoms with Crippen LogP contribution < -0.4 is 0 Å². The van der Waals surface area contributed by atoms with Crippen LogP contribution in [0.3, 0.4) is 0 Å². The Bertz CT molecular complexity index is 979. The van der Waals surface area contributed by atoms with Crippen LogP contribution in [0.1, 0.15) is 11.3 Å². The summed E-state index contributed by atoms with van der Waals surface area (Å²) >= 11 is 3.41. The van der Waals surface area contributed by atoms with E-state index in [4.69, 9.17) is 0 Å². The fourth-order valence-electron chi connectivity index (χ4n) is 2.58. The molecule has 0 radical (unpaired) electrons. The lowest BCUT2D eigenvalue weighted by molar-refractivity contribution is 0.569. The standard InChI is InChI=1S/C18H15BrFNO2S/c1-24(22,23)18-9-4-13(12-17(18)20)11-16-3-2-10-21(16)15-7-5-14(19)6-8-15/h2-10,12H,11H2,1H3. The molecule has 0 unspecified atom stereocenters. The smallest absolute Gasteiger partial charge is 0.178 e. The van der Waals surface area contributed by atoms with Gasteiger partial charge in [0.25, 0.3) is 0 Å². The third-order valence-electron chi connectivity index (χ3n) is 3.72. The fraction of sp³-hybridized carbons (Fsp3) is 0.111. The van der Waals surface area contributed by atoms with E-state index in [1.54, 1.807) is 6.07 Å². The number of rotatable bonds is 4. The molecule has 124 valence electrons. The molecule has 0 aliphatic heterocycles. The zero-order valence-corrected chi connectivity index (χ0v) is 15.3. The molecule has 0 saturated heterocycles. The van der Waals surface area contributed by atoms with Crippen LogP contribution in [0.4, 0.5) is 4.39 Å². The van der Waals surface area contributed by atoms with E-state index >= 15 is 0 Å². The Morgan fingerprint density at radius 1 is 1.08 bits per heavy atom. The average Bonchev–Trinajstić information content (AvgIpc) is 2.95. The maximum atomic E-state index is 14.1. The number of aromatic nitrogens is 1. The van der Waals surface area contributed by atoms with Crippen molar-refractivity contribution in [1.82, 2.24) is 4.57 Å². The molecule has 0 saturated carbocycles. The molecule has 3 aromatic rings. The summed E-state index contributed by atoms with van der Waals surface area (Å²) in [5.41, 5.74) is 2.72. The largest absolute Gasteiger partial charge is 0.321 e. The molecule has 0 N–H and O–H groups in total. The van der Waals surface area contributed by atoms with Gasteiger partial charge in [-0.25, -0.2) is 12.8 Å². The van der Waals surface area contributed by atoms with Gasteiger partial charge in [-0.2, -0.15) is 0 Å². The SMILES string of the molecule is CS(=O)(=O)c1ccc(Cc2cccn2-c2ccc(Br)cc2)cc1F. The third kappa shape index (κ3) is 3.60. The number of benzene rings is 2. The average molecular weight is 408 g/mol. The Kier molecular flexibility index (Phi) is 4.60. The summed E-state index contributed by atoms with van der Waals surface area (Å²) < 4.78 is 40.1. The first kappa shape index (κ1) is 16.9. The van der Waals surface area contributed by atoms with Gasteiger partial charge < -0.3 is 4.57 Å². The van der Waals surface area contributed by atoms with Crippen LogP contribution in [-0.2, 0) is 16.3 Å². The second kappa shape index (κ2) is 6.53. The van der Waals surface area contributed by atoms with Crippen molar-refractivity contribution in [3.05, 3.63) is 82.3 Å². The molecule has 3 rings (SSSR count). The van der Waals surface area contributed by atoms with Crippen LogP contribution in [0.25, 0.3) is 5.69 Å². The van der Waals surface area contributed by atoms with Crippen molar-refractivity contribution < 1.29 is 12.8 Å². The molecule has 1 heterocycles. The number of hydrogen-bond acceptors (Lipinski definition) is 2. The van der Waals surface area contributed by atoms with E-state index in [9.17, 15) is 12.8 Å². The topological polar surface area (TPSA) is 39.1 Å². The normalized spacial score (nSPS) is 11.6. The Balaban J connectivity index is 1.92. The summed E-state index contributed by atoms with van der Waals surface area (Å²) in [4.78, 5) is -0.269. The molecule has 3 nitrogen and oxygen atoms in total. The van der Waals surface area contributed by atoms with E-state index in [1.807, 2.05) is 47.2 Å². The first-order valence-electron chi connectivity index (χ1n) is 7.25. The van der Waals surface area contributed by atoms with Crippen molar-refractivity contribution in [2.75, 3.05) is 6.26 Å². The van der Waals surface area contributed by atoms with Crippen molar-refractivity contribution in [1.29, 1.82) is 0 Å². The van der Waals surface area contributed by atoms with Crippen LogP contribution in [0, 0.1) is 5.82 Å². The van der Waals surface area contributed by atoms with Crippen LogP contribution in [-0.4, -0.2) is 19.2 Å². The molecule has 24 heavy (non-hydrogen) atoms. The quantitative estimate of drug-likeness (QED) is 0.643. The molecular formula is C18H15BrFNO2S. The molecule has 0 bridgehead atoms. The lowest BCUT2D eigenvalue weighted by Crippen LogP contribution is -2.03. The summed E-state index contributed by atoms with van der Waals surface area (Å²) in [5.74, 6) is -0.711. The van der Waals surface area contributed by atoms with Gasteiger partial charge in [0.1, 0.15) is 10.7 Å². The molecule has 1 aromatic heterocycles. The minimum Gasteiger partial charge on any atom is -0.321 e. The van der Waals surface area contributed by atoms with Crippen LogP contribution in [0.2, 0.25) is 0 Å². The minimum absolute atomic E-state index is 0.269. The highest BCUT2D eigenvalue weighted by Crippen LogP contribution is 2.21. The predicted molar refractivity (Wildman–Crippen MR) is 95.8 cm³/mol. The van der Waals surface area contributed by atoms with E-state index in [2.05, 4.69) is 15.9 Å². The van der Waals surface area contributed by atoms with E-state index in [-0.39, 0.29) is 4.90 Å². The van der Waals surface area contributed by atoms with Gasteiger partial charge >= 0.3 is 0 Å². The highest BCUT2D eigenvalue weighted by atomic mass is 79.9. The Morgan fingerprint density at radius 3 is 2.42 bits per heavy atom.